The van der Waals surface area contributed by atoms with Crippen molar-refractivity contribution in [2.75, 3.05) is 13.7 Å². The van der Waals surface area contributed by atoms with E-state index in [0.717, 1.165) is 59.7 Å². The van der Waals surface area contributed by atoms with E-state index in [1.54, 1.807) is 24.4 Å². The fourth-order valence-corrected chi connectivity index (χ4v) is 8.31. The lowest BCUT2D eigenvalue weighted by Crippen LogP contribution is -2.53. The Kier molecular flexibility index (Phi) is 8.07. The molecule has 8 nitrogen and oxygen atoms in total. The number of ether oxygens (including phenoxy) is 1. The Balaban J connectivity index is 1.01. The molecule has 4 aromatic rings. The van der Waals surface area contributed by atoms with Gasteiger partial charge in [-0.1, -0.05) is 57.0 Å². The molecule has 0 bridgehead atoms. The van der Waals surface area contributed by atoms with Gasteiger partial charge in [-0.3, -0.25) is 9.79 Å². The number of aliphatic imine (C=N–C) groups is 1. The van der Waals surface area contributed by atoms with Crippen molar-refractivity contribution in [1.82, 2.24) is 20.2 Å². The molecule has 0 radical (unpaired) electrons. The Bertz CT molecular complexity index is 2030. The lowest BCUT2D eigenvalue weighted by atomic mass is 9.95. The monoisotopic (exact) mass is 677 g/mol. The molecule has 1 aromatic heterocycles. The molecule has 1 saturated heterocycles. The van der Waals surface area contributed by atoms with E-state index in [1.807, 2.05) is 55.1 Å². The first kappa shape index (κ1) is 32.4. The van der Waals surface area contributed by atoms with Crippen LogP contribution in [0.1, 0.15) is 80.8 Å². The molecule has 2 aliphatic heterocycles. The van der Waals surface area contributed by atoms with Gasteiger partial charge in [-0.15, -0.1) is 0 Å². The third-order valence-corrected chi connectivity index (χ3v) is 11.0. The lowest BCUT2D eigenvalue weighted by Gasteiger charge is -2.30. The summed E-state index contributed by atoms with van der Waals surface area (Å²) in [5, 5.41) is 2.70. The predicted octanol–water partition coefficient (Wildman–Crippen LogP) is 8.52. The third-order valence-electron chi connectivity index (χ3n) is 11.0. The highest BCUT2D eigenvalue weighted by molar-refractivity contribution is 6.01. The summed E-state index contributed by atoms with van der Waals surface area (Å²) in [4.78, 5) is 40.3. The fraction of sp³-hybridized carbons (Fsp3) is 0.400. The minimum Gasteiger partial charge on any atom is -0.453 e. The van der Waals surface area contributed by atoms with Crippen molar-refractivity contribution in [3.05, 3.63) is 83.3 Å². The summed E-state index contributed by atoms with van der Waals surface area (Å²) < 4.78 is 37.2. The predicted molar refractivity (Wildman–Crippen MR) is 189 cm³/mol. The maximum Gasteiger partial charge on any atom is 0.407 e. The minimum atomic E-state index is -3.15. The smallest absolute Gasteiger partial charge is 0.407 e. The molecule has 4 aliphatic rings. The van der Waals surface area contributed by atoms with Crippen molar-refractivity contribution in [1.29, 1.82) is 0 Å². The summed E-state index contributed by atoms with van der Waals surface area (Å²) >= 11 is 0. The number of hydrogen-bond donors (Lipinski definition) is 2. The number of rotatable bonds is 7. The number of halogens is 2. The van der Waals surface area contributed by atoms with Gasteiger partial charge in [0.2, 0.25) is 5.91 Å². The van der Waals surface area contributed by atoms with E-state index in [0.29, 0.717) is 41.1 Å². The van der Waals surface area contributed by atoms with Gasteiger partial charge >= 0.3 is 6.09 Å². The highest BCUT2D eigenvalue weighted by Gasteiger charge is 2.45. The molecule has 2 N–H and O–H groups in total. The number of alkyl carbamates (subject to hydrolysis) is 1. The topological polar surface area (TPSA) is 99.7 Å². The van der Waals surface area contributed by atoms with Crippen molar-refractivity contribution in [2.45, 2.75) is 82.7 Å². The highest BCUT2D eigenvalue weighted by atomic mass is 19.3. The molecular formula is C40H41F2N5O3. The van der Waals surface area contributed by atoms with E-state index in [9.17, 15) is 9.59 Å². The molecule has 2 aliphatic carbocycles. The van der Waals surface area contributed by atoms with Crippen molar-refractivity contribution in [3.8, 4) is 33.5 Å². The van der Waals surface area contributed by atoms with E-state index in [2.05, 4.69) is 15.3 Å². The molecule has 2 fully saturated rings. The summed E-state index contributed by atoms with van der Waals surface area (Å²) in [5.41, 5.74) is 6.91. The molecule has 258 valence electrons. The van der Waals surface area contributed by atoms with Crippen LogP contribution in [0.2, 0.25) is 0 Å². The summed E-state index contributed by atoms with van der Waals surface area (Å²) in [6, 6.07) is 15.7. The zero-order valence-electron chi connectivity index (χ0n) is 28.6. The Morgan fingerprint density at radius 3 is 2.34 bits per heavy atom. The second-order valence-corrected chi connectivity index (χ2v) is 14.4. The highest BCUT2D eigenvalue weighted by Crippen LogP contribution is 2.53. The Hall–Kier alpha value is -4.86. The molecule has 50 heavy (non-hydrogen) atoms. The number of H-pyrrole nitrogens is 1. The normalized spacial score (nSPS) is 19.7. The van der Waals surface area contributed by atoms with Gasteiger partial charge in [-0.25, -0.2) is 9.78 Å². The minimum absolute atomic E-state index is 0.0104. The van der Waals surface area contributed by atoms with Gasteiger partial charge in [-0.05, 0) is 83.7 Å². The van der Waals surface area contributed by atoms with Crippen LogP contribution in [0.15, 0.2) is 65.8 Å². The number of imidazole rings is 1. The Morgan fingerprint density at radius 1 is 0.940 bits per heavy atom. The number of benzene rings is 3. The number of amides is 2. The van der Waals surface area contributed by atoms with Gasteiger partial charge in [0.05, 0.1) is 30.7 Å². The number of hydrogen-bond acceptors (Lipinski definition) is 5. The molecule has 3 aromatic carbocycles. The van der Waals surface area contributed by atoms with Gasteiger partial charge in [-0.2, -0.15) is 8.78 Å². The van der Waals surface area contributed by atoms with Gasteiger partial charge in [0.25, 0.3) is 5.92 Å². The number of carbonyl (C=O) groups is 2. The zero-order chi connectivity index (χ0) is 34.7. The quantitative estimate of drug-likeness (QED) is 0.205. The molecule has 8 rings (SSSR count). The van der Waals surface area contributed by atoms with Crippen LogP contribution in [0.4, 0.5) is 19.3 Å². The summed E-state index contributed by atoms with van der Waals surface area (Å²) in [7, 11) is 1.28. The molecule has 2 atom stereocenters. The van der Waals surface area contributed by atoms with Crippen LogP contribution < -0.4 is 5.32 Å². The average molecular weight is 678 g/mol. The van der Waals surface area contributed by atoms with Crippen molar-refractivity contribution < 1.29 is 23.1 Å². The zero-order valence-corrected chi connectivity index (χ0v) is 28.6. The number of alkyl halides is 2. The second kappa shape index (κ2) is 12.5. The number of fused-ring (bicyclic) bond motifs is 4. The molecule has 1 saturated carbocycles. The Labute approximate surface area is 290 Å². The number of carbonyl (C=O) groups excluding carboxylic acids is 2. The summed E-state index contributed by atoms with van der Waals surface area (Å²) in [6.45, 7) is 4.38. The van der Waals surface area contributed by atoms with Crippen LogP contribution in [-0.2, 0) is 21.9 Å². The molecule has 3 heterocycles. The molecule has 10 heteroatoms. The lowest BCUT2D eigenvalue weighted by molar-refractivity contribution is -0.134. The number of methoxy groups -OCH3 is 1. The van der Waals surface area contributed by atoms with Gasteiger partial charge < -0.3 is 19.9 Å². The van der Waals surface area contributed by atoms with E-state index < -0.39 is 18.1 Å². The van der Waals surface area contributed by atoms with Crippen molar-refractivity contribution in [3.63, 3.8) is 0 Å². The van der Waals surface area contributed by atoms with Crippen LogP contribution in [0.5, 0.6) is 0 Å². The van der Waals surface area contributed by atoms with Crippen LogP contribution in [0.3, 0.4) is 0 Å². The number of likely N-dealkylation sites (tertiary alicyclic amines) is 1. The van der Waals surface area contributed by atoms with Crippen molar-refractivity contribution >= 4 is 23.4 Å². The number of nitrogens with one attached hydrogen (secondary N) is 2. The van der Waals surface area contributed by atoms with E-state index in [-0.39, 0.29) is 29.0 Å². The molecule has 2 amide bonds. The SMILES string of the molecule is COC(=O)N[C@H](C(=O)N1CCC[C@H]1C1=Nc2ccc(-c3ccc4c(c3)C(F)(F)c3cc(-c5cnc(C6CCCC6)[nH]5)ccc3-4)cc2C1)C(C)C. The summed E-state index contributed by atoms with van der Waals surface area (Å²) in [5.74, 6) is -2.04. The van der Waals surface area contributed by atoms with Crippen LogP contribution in [0.25, 0.3) is 33.5 Å². The van der Waals surface area contributed by atoms with Gasteiger partial charge in [0.15, 0.2) is 0 Å². The van der Waals surface area contributed by atoms with Crippen LogP contribution in [0, 0.1) is 5.92 Å². The largest absolute Gasteiger partial charge is 0.453 e. The van der Waals surface area contributed by atoms with Gasteiger partial charge in [0.1, 0.15) is 11.9 Å². The van der Waals surface area contributed by atoms with Crippen LogP contribution in [-0.4, -0.2) is 58.3 Å². The Morgan fingerprint density at radius 2 is 1.62 bits per heavy atom. The summed E-state index contributed by atoms with van der Waals surface area (Å²) in [6.07, 6.45) is 7.96. The first-order valence-corrected chi connectivity index (χ1v) is 17.7. The first-order chi connectivity index (χ1) is 24.1. The van der Waals surface area contributed by atoms with Crippen molar-refractivity contribution in [2.24, 2.45) is 10.9 Å². The second-order valence-electron chi connectivity index (χ2n) is 14.4. The van der Waals surface area contributed by atoms with Crippen LogP contribution >= 0.6 is 0 Å². The van der Waals surface area contributed by atoms with E-state index in [1.165, 1.54) is 20.0 Å². The maximum absolute atomic E-state index is 16.2. The van der Waals surface area contributed by atoms with Gasteiger partial charge in [0, 0.05) is 41.3 Å². The molecule has 0 unspecified atom stereocenters. The standard InChI is InChI=1S/C40H41F2N5O3/c1-22(2)36(46-39(49)50-3)38(48)47-16-6-9-35(47)33-20-27-17-24(12-15-32(27)44-33)25-10-13-28-29-14-11-26(19-31(29)40(41,42)30(28)18-25)34-21-43-37(45-34)23-7-4-5-8-23/h10-15,17-19,21-23,35-36H,4-9,16,20H2,1-3H3,(H,43,45)(H,46,49)/t35-,36-/m0/s1. The van der Waals surface area contributed by atoms with E-state index >= 15 is 8.78 Å². The molecule has 0 spiro atoms. The fourth-order valence-electron chi connectivity index (χ4n) is 8.31. The average Bonchev–Trinajstić information content (AvgIpc) is 3.96. The number of aromatic nitrogens is 2. The number of aromatic amines is 1. The third kappa shape index (κ3) is 5.49. The molecular weight excluding hydrogens is 636 g/mol. The number of nitrogens with zero attached hydrogens (tertiary/aromatic N) is 3. The first-order valence-electron chi connectivity index (χ1n) is 17.7. The van der Waals surface area contributed by atoms with E-state index in [4.69, 9.17) is 9.73 Å². The maximum atomic E-state index is 16.2.